The molecular weight excluding hydrogens is 230 g/mol. The lowest BCUT2D eigenvalue weighted by Crippen LogP contribution is -2.85. The fraction of sp³-hybridized carbons (Fsp3) is 0.462. The molecule has 0 unspecified atom stereocenters. The van der Waals surface area contributed by atoms with Gasteiger partial charge in [0.15, 0.2) is 5.76 Å². The molecular formula is C13H20N3O2+. The Labute approximate surface area is 106 Å². The minimum Gasteiger partial charge on any atom is -0.463 e. The van der Waals surface area contributed by atoms with Crippen molar-refractivity contribution in [1.29, 1.82) is 0 Å². The lowest BCUT2D eigenvalue weighted by molar-refractivity contribution is -0.678. The van der Waals surface area contributed by atoms with Crippen LogP contribution in [0.2, 0.25) is 0 Å². The van der Waals surface area contributed by atoms with E-state index in [1.54, 1.807) is 6.26 Å². The van der Waals surface area contributed by atoms with Gasteiger partial charge in [0.05, 0.1) is 18.5 Å². The van der Waals surface area contributed by atoms with Crippen molar-refractivity contribution in [2.24, 2.45) is 0 Å². The van der Waals surface area contributed by atoms with Gasteiger partial charge in [-0.3, -0.25) is 4.68 Å². The predicted molar refractivity (Wildman–Crippen MR) is 66.9 cm³/mol. The number of hydrogen-bond acceptors (Lipinski definition) is 3. The summed E-state index contributed by atoms with van der Waals surface area (Å²) in [5.74, 6) is 0.924. The van der Waals surface area contributed by atoms with E-state index in [0.717, 1.165) is 23.7 Å². The van der Waals surface area contributed by atoms with E-state index in [4.69, 9.17) is 4.42 Å². The first-order valence-corrected chi connectivity index (χ1v) is 6.18. The number of nitrogens with two attached hydrogens (primary N) is 1. The Morgan fingerprint density at radius 2 is 2.33 bits per heavy atom. The monoisotopic (exact) mass is 250 g/mol. The van der Waals surface area contributed by atoms with Crippen molar-refractivity contribution >= 4 is 0 Å². The highest BCUT2D eigenvalue weighted by atomic mass is 16.3. The number of aromatic nitrogens is 2. The summed E-state index contributed by atoms with van der Waals surface area (Å²) in [7, 11) is 0. The molecule has 0 spiro atoms. The van der Waals surface area contributed by atoms with Crippen molar-refractivity contribution < 1.29 is 14.8 Å². The fourth-order valence-corrected chi connectivity index (χ4v) is 1.98. The van der Waals surface area contributed by atoms with Gasteiger partial charge in [-0.05, 0) is 32.0 Å². The van der Waals surface area contributed by atoms with Gasteiger partial charge < -0.3 is 14.8 Å². The van der Waals surface area contributed by atoms with E-state index in [1.807, 2.05) is 42.0 Å². The van der Waals surface area contributed by atoms with Crippen LogP contribution in [0.1, 0.15) is 17.1 Å². The first-order chi connectivity index (χ1) is 8.65. The molecule has 2 rings (SSSR count). The third-order valence-electron chi connectivity index (χ3n) is 2.85. The molecule has 0 fully saturated rings. The van der Waals surface area contributed by atoms with Crippen LogP contribution in [0.3, 0.4) is 0 Å². The van der Waals surface area contributed by atoms with Crippen LogP contribution < -0.4 is 5.32 Å². The summed E-state index contributed by atoms with van der Waals surface area (Å²) in [5, 5.41) is 16.3. The fourth-order valence-electron chi connectivity index (χ4n) is 1.98. The molecule has 98 valence electrons. The van der Waals surface area contributed by atoms with Crippen molar-refractivity contribution in [3.05, 3.63) is 41.6 Å². The second-order valence-corrected chi connectivity index (χ2v) is 4.57. The highest BCUT2D eigenvalue weighted by Crippen LogP contribution is 2.02. The molecule has 18 heavy (non-hydrogen) atoms. The molecule has 5 heteroatoms. The van der Waals surface area contributed by atoms with Gasteiger partial charge in [0.25, 0.3) is 0 Å². The molecule has 0 aliphatic rings. The van der Waals surface area contributed by atoms with Crippen LogP contribution in [-0.4, -0.2) is 27.5 Å². The second-order valence-electron chi connectivity index (χ2n) is 4.57. The standard InChI is InChI=1S/C13H19N3O2/c1-10-6-11(2)16(15-10)9-12(17)7-14-8-13-4-3-5-18-13/h3-6,12,14,17H,7-9H2,1-2H3/p+1/t12-/m1/s1. The molecule has 0 radical (unpaired) electrons. The van der Waals surface area contributed by atoms with Gasteiger partial charge in [-0.2, -0.15) is 5.10 Å². The van der Waals surface area contributed by atoms with Crippen molar-refractivity contribution in [2.45, 2.75) is 33.0 Å². The number of aliphatic hydroxyl groups excluding tert-OH is 1. The summed E-state index contributed by atoms with van der Waals surface area (Å²) in [6.07, 6.45) is 1.26. The Hall–Kier alpha value is -1.59. The van der Waals surface area contributed by atoms with Crippen molar-refractivity contribution in [3.63, 3.8) is 0 Å². The number of aliphatic hydroxyl groups is 1. The van der Waals surface area contributed by atoms with Gasteiger partial charge in [0, 0.05) is 5.69 Å². The minimum absolute atomic E-state index is 0.405. The minimum atomic E-state index is -0.405. The summed E-state index contributed by atoms with van der Waals surface area (Å²) in [6.45, 7) is 5.88. The third-order valence-corrected chi connectivity index (χ3v) is 2.85. The van der Waals surface area contributed by atoms with E-state index >= 15 is 0 Å². The molecule has 0 amide bonds. The number of furan rings is 1. The molecule has 1 atom stereocenters. The van der Waals surface area contributed by atoms with Crippen LogP contribution in [0.25, 0.3) is 0 Å². The van der Waals surface area contributed by atoms with Crippen LogP contribution in [0.15, 0.2) is 28.9 Å². The summed E-state index contributed by atoms with van der Waals surface area (Å²) in [5.41, 5.74) is 2.07. The highest BCUT2D eigenvalue weighted by Gasteiger charge is 2.10. The SMILES string of the molecule is Cc1cc(C)n(C[C@H](O)C[NH2+]Cc2ccco2)n1. The lowest BCUT2D eigenvalue weighted by atomic mass is 10.3. The zero-order chi connectivity index (χ0) is 13.0. The maximum atomic E-state index is 9.94. The summed E-state index contributed by atoms with van der Waals surface area (Å²) >= 11 is 0. The van der Waals surface area contributed by atoms with Crippen LogP contribution in [-0.2, 0) is 13.1 Å². The van der Waals surface area contributed by atoms with Gasteiger partial charge in [-0.25, -0.2) is 0 Å². The summed E-state index contributed by atoms with van der Waals surface area (Å²) in [4.78, 5) is 0. The molecule has 2 heterocycles. The Balaban J connectivity index is 1.75. The van der Waals surface area contributed by atoms with Gasteiger partial charge in [-0.1, -0.05) is 0 Å². The average Bonchev–Trinajstić information content (AvgIpc) is 2.90. The second kappa shape index (κ2) is 5.84. The zero-order valence-electron chi connectivity index (χ0n) is 10.8. The van der Waals surface area contributed by atoms with Gasteiger partial charge in [0.1, 0.15) is 19.2 Å². The van der Waals surface area contributed by atoms with Crippen LogP contribution in [0.4, 0.5) is 0 Å². The number of quaternary nitrogens is 1. The highest BCUT2D eigenvalue weighted by molar-refractivity contribution is 5.06. The number of aryl methyl sites for hydroxylation is 2. The average molecular weight is 250 g/mol. The van der Waals surface area contributed by atoms with E-state index in [9.17, 15) is 5.11 Å². The molecule has 0 aromatic carbocycles. The van der Waals surface area contributed by atoms with E-state index in [0.29, 0.717) is 13.1 Å². The Morgan fingerprint density at radius 3 is 2.94 bits per heavy atom. The maximum absolute atomic E-state index is 9.94. The van der Waals surface area contributed by atoms with Gasteiger partial charge >= 0.3 is 0 Å². The maximum Gasteiger partial charge on any atom is 0.157 e. The van der Waals surface area contributed by atoms with E-state index < -0.39 is 6.10 Å². The quantitative estimate of drug-likeness (QED) is 0.770. The van der Waals surface area contributed by atoms with Crippen LogP contribution in [0.5, 0.6) is 0 Å². The molecule has 0 saturated heterocycles. The normalized spacial score (nSPS) is 12.8. The van der Waals surface area contributed by atoms with E-state index in [2.05, 4.69) is 5.10 Å². The molecule has 2 aromatic heterocycles. The first kappa shape index (κ1) is 12.9. The smallest absolute Gasteiger partial charge is 0.157 e. The number of nitrogens with zero attached hydrogens (tertiary/aromatic N) is 2. The van der Waals surface area contributed by atoms with Crippen molar-refractivity contribution in [1.82, 2.24) is 9.78 Å². The molecule has 0 aliphatic carbocycles. The van der Waals surface area contributed by atoms with Gasteiger partial charge in [-0.15, -0.1) is 0 Å². The number of rotatable bonds is 6. The Bertz CT molecular complexity index is 476. The largest absolute Gasteiger partial charge is 0.463 e. The topological polar surface area (TPSA) is 67.8 Å². The van der Waals surface area contributed by atoms with E-state index in [-0.39, 0.29) is 0 Å². The lowest BCUT2D eigenvalue weighted by Gasteiger charge is -2.10. The predicted octanol–water partition coefficient (Wildman–Crippen LogP) is 0.217. The zero-order valence-corrected chi connectivity index (χ0v) is 10.8. The third kappa shape index (κ3) is 3.45. The van der Waals surface area contributed by atoms with Crippen LogP contribution in [0, 0.1) is 13.8 Å². The van der Waals surface area contributed by atoms with Crippen molar-refractivity contribution in [2.75, 3.05) is 6.54 Å². The molecule has 3 N–H and O–H groups in total. The number of hydrogen-bond donors (Lipinski definition) is 2. The molecule has 5 nitrogen and oxygen atoms in total. The molecule has 0 bridgehead atoms. The van der Waals surface area contributed by atoms with E-state index in [1.165, 1.54) is 0 Å². The van der Waals surface area contributed by atoms with Crippen LogP contribution >= 0.6 is 0 Å². The summed E-state index contributed by atoms with van der Waals surface area (Å²) < 4.78 is 7.07. The molecule has 0 saturated carbocycles. The Kier molecular flexibility index (Phi) is 4.17. The molecule has 2 aromatic rings. The Morgan fingerprint density at radius 1 is 1.50 bits per heavy atom. The molecule has 0 aliphatic heterocycles. The first-order valence-electron chi connectivity index (χ1n) is 6.18. The van der Waals surface area contributed by atoms with Gasteiger partial charge in [0.2, 0.25) is 0 Å². The summed E-state index contributed by atoms with van der Waals surface area (Å²) in [6, 6.07) is 5.82. The van der Waals surface area contributed by atoms with Crippen molar-refractivity contribution in [3.8, 4) is 0 Å².